The summed E-state index contributed by atoms with van der Waals surface area (Å²) in [6, 6.07) is 0. The first kappa shape index (κ1) is 9.40. The number of ether oxygens (including phenoxy) is 1. The van der Waals surface area contributed by atoms with Crippen LogP contribution >= 0.6 is 0 Å². The lowest BCUT2D eigenvalue weighted by Gasteiger charge is -2.32. The third kappa shape index (κ3) is 1.56. The normalized spacial score (nSPS) is 42.6. The molecule has 0 amide bonds. The molecule has 0 aromatic carbocycles. The van der Waals surface area contributed by atoms with Crippen LogP contribution in [0, 0.1) is 0 Å². The molecule has 4 N–H and O–H groups in total. The van der Waals surface area contributed by atoms with Crippen LogP contribution in [-0.2, 0) is 9.53 Å². The lowest BCUT2D eigenvalue weighted by atomic mass is 10.0. The van der Waals surface area contributed by atoms with Gasteiger partial charge in [0.1, 0.15) is 18.3 Å². The van der Waals surface area contributed by atoms with E-state index < -0.39 is 30.4 Å². The molecular weight excluding hydrogens is 168 g/mol. The summed E-state index contributed by atoms with van der Waals surface area (Å²) in [6.07, 6.45) is -5.72. The maximum absolute atomic E-state index is 10.3. The Kier molecular flexibility index (Phi) is 2.63. The van der Waals surface area contributed by atoms with Crippen LogP contribution in [-0.4, -0.2) is 57.4 Å². The molecule has 1 aliphatic rings. The minimum atomic E-state index is -1.58. The van der Waals surface area contributed by atoms with Gasteiger partial charge in [-0.15, -0.1) is 0 Å². The third-order valence-electron chi connectivity index (χ3n) is 1.74. The smallest absolute Gasteiger partial charge is 0.335 e. The minimum absolute atomic E-state index is 0.283. The van der Waals surface area contributed by atoms with Crippen LogP contribution in [0.25, 0.3) is 0 Å². The summed E-state index contributed by atoms with van der Waals surface area (Å²) in [5.41, 5.74) is 0. The molecule has 0 saturated carbocycles. The second-order valence-electron chi connectivity index (χ2n) is 2.64. The van der Waals surface area contributed by atoms with Crippen molar-refractivity contribution in [2.75, 3.05) is 6.61 Å². The summed E-state index contributed by atoms with van der Waals surface area (Å²) >= 11 is 0. The quantitative estimate of drug-likeness (QED) is 0.355. The fourth-order valence-electron chi connectivity index (χ4n) is 1.02. The zero-order valence-corrected chi connectivity index (χ0v) is 6.12. The van der Waals surface area contributed by atoms with E-state index >= 15 is 0 Å². The first-order valence-electron chi connectivity index (χ1n) is 3.42. The summed E-state index contributed by atoms with van der Waals surface area (Å²) < 4.78 is 4.57. The van der Waals surface area contributed by atoms with Crippen molar-refractivity contribution in [3.8, 4) is 0 Å². The van der Waals surface area contributed by atoms with Crippen molar-refractivity contribution >= 4 is 5.97 Å². The fraction of sp³-hybridized carbons (Fsp3) is 0.833. The van der Waals surface area contributed by atoms with Gasteiger partial charge in [-0.25, -0.2) is 4.79 Å². The summed E-state index contributed by atoms with van der Waals surface area (Å²) in [4.78, 5) is 10.3. The minimum Gasteiger partial charge on any atom is -0.479 e. The second-order valence-corrected chi connectivity index (χ2v) is 2.64. The number of rotatable bonds is 1. The van der Waals surface area contributed by atoms with Gasteiger partial charge in [0.05, 0.1) is 6.61 Å². The van der Waals surface area contributed by atoms with Crippen LogP contribution in [0.15, 0.2) is 0 Å². The second kappa shape index (κ2) is 3.36. The zero-order chi connectivity index (χ0) is 9.30. The lowest BCUT2D eigenvalue weighted by Crippen LogP contribution is -2.55. The topological polar surface area (TPSA) is 107 Å². The molecule has 6 nitrogen and oxygen atoms in total. The highest BCUT2D eigenvalue weighted by Gasteiger charge is 2.41. The SMILES string of the molecule is O=C(O)C1OC[C@@H](O)C(O)[C@H]1O. The molecule has 2 unspecified atom stereocenters. The van der Waals surface area contributed by atoms with Gasteiger partial charge in [0, 0.05) is 0 Å². The molecule has 0 aromatic heterocycles. The molecule has 70 valence electrons. The average Bonchev–Trinajstić information content (AvgIpc) is 2.00. The number of aliphatic hydroxyl groups excluding tert-OH is 3. The van der Waals surface area contributed by atoms with E-state index in [0.29, 0.717) is 0 Å². The van der Waals surface area contributed by atoms with E-state index in [0.717, 1.165) is 0 Å². The zero-order valence-electron chi connectivity index (χ0n) is 6.12. The van der Waals surface area contributed by atoms with E-state index in [1.54, 1.807) is 0 Å². The van der Waals surface area contributed by atoms with Crippen molar-refractivity contribution in [3.05, 3.63) is 0 Å². The number of carbonyl (C=O) groups is 1. The maximum atomic E-state index is 10.3. The number of carboxylic acid groups (broad SMARTS) is 1. The molecule has 1 saturated heterocycles. The van der Waals surface area contributed by atoms with Crippen molar-refractivity contribution in [2.24, 2.45) is 0 Å². The Morgan fingerprint density at radius 2 is 1.83 bits per heavy atom. The fourth-order valence-corrected chi connectivity index (χ4v) is 1.02. The van der Waals surface area contributed by atoms with E-state index in [2.05, 4.69) is 4.74 Å². The lowest BCUT2D eigenvalue weighted by molar-refractivity contribution is -0.201. The molecule has 0 aromatic rings. The molecule has 1 heterocycles. The Bertz CT molecular complexity index is 181. The predicted octanol–water partition coefficient (Wildman–Crippen LogP) is -2.45. The van der Waals surface area contributed by atoms with E-state index in [-0.39, 0.29) is 6.61 Å². The molecule has 6 heteroatoms. The number of aliphatic carboxylic acids is 1. The van der Waals surface area contributed by atoms with Crippen LogP contribution < -0.4 is 0 Å². The van der Waals surface area contributed by atoms with E-state index in [4.69, 9.17) is 20.4 Å². The van der Waals surface area contributed by atoms with E-state index in [1.165, 1.54) is 0 Å². The summed E-state index contributed by atoms with van der Waals surface area (Å²) in [7, 11) is 0. The largest absolute Gasteiger partial charge is 0.479 e. The molecule has 12 heavy (non-hydrogen) atoms. The number of aliphatic hydroxyl groups is 3. The van der Waals surface area contributed by atoms with Gasteiger partial charge in [-0.1, -0.05) is 0 Å². The Morgan fingerprint density at radius 3 is 2.33 bits per heavy atom. The highest BCUT2D eigenvalue weighted by Crippen LogP contribution is 2.15. The van der Waals surface area contributed by atoms with Gasteiger partial charge in [0.25, 0.3) is 0 Å². The Labute approximate surface area is 68.0 Å². The van der Waals surface area contributed by atoms with E-state index in [1.807, 2.05) is 0 Å². The molecule has 1 aliphatic heterocycles. The molecule has 0 aliphatic carbocycles. The van der Waals surface area contributed by atoms with Gasteiger partial charge in [-0.05, 0) is 0 Å². The highest BCUT2D eigenvalue weighted by atomic mass is 16.5. The van der Waals surface area contributed by atoms with E-state index in [9.17, 15) is 4.79 Å². The van der Waals surface area contributed by atoms with Crippen molar-refractivity contribution in [2.45, 2.75) is 24.4 Å². The molecule has 1 rings (SSSR count). The van der Waals surface area contributed by atoms with Crippen molar-refractivity contribution in [3.63, 3.8) is 0 Å². The Balaban J connectivity index is 2.65. The van der Waals surface area contributed by atoms with Crippen molar-refractivity contribution in [1.82, 2.24) is 0 Å². The summed E-state index contributed by atoms with van der Waals surface area (Å²) in [5.74, 6) is -1.35. The van der Waals surface area contributed by atoms with Gasteiger partial charge in [0.15, 0.2) is 6.10 Å². The van der Waals surface area contributed by atoms with Crippen LogP contribution in [0.3, 0.4) is 0 Å². The van der Waals surface area contributed by atoms with Gasteiger partial charge in [0.2, 0.25) is 0 Å². The first-order valence-corrected chi connectivity index (χ1v) is 3.42. The Hall–Kier alpha value is -0.690. The summed E-state index contributed by atoms with van der Waals surface area (Å²) in [6.45, 7) is -0.283. The van der Waals surface area contributed by atoms with Crippen LogP contribution in [0.4, 0.5) is 0 Å². The van der Waals surface area contributed by atoms with Gasteiger partial charge in [-0.2, -0.15) is 0 Å². The van der Waals surface area contributed by atoms with Gasteiger partial charge >= 0.3 is 5.97 Å². The monoisotopic (exact) mass is 178 g/mol. The van der Waals surface area contributed by atoms with Gasteiger partial charge < -0.3 is 25.2 Å². The summed E-state index contributed by atoms with van der Waals surface area (Å²) in [5, 5.41) is 35.4. The molecule has 0 bridgehead atoms. The maximum Gasteiger partial charge on any atom is 0.335 e. The number of carboxylic acids is 1. The highest BCUT2D eigenvalue weighted by molar-refractivity contribution is 5.73. The Morgan fingerprint density at radius 1 is 1.25 bits per heavy atom. The average molecular weight is 178 g/mol. The van der Waals surface area contributed by atoms with Crippen molar-refractivity contribution < 1.29 is 30.0 Å². The molecule has 0 spiro atoms. The standard InChI is InChI=1S/C6H10O6/c7-2-1-12-5(6(10)11)4(9)3(2)8/h2-5,7-9H,1H2,(H,10,11)/t2-,3?,4-,5?/m1/s1. The number of hydrogen-bond acceptors (Lipinski definition) is 5. The van der Waals surface area contributed by atoms with Gasteiger partial charge in [-0.3, -0.25) is 0 Å². The van der Waals surface area contributed by atoms with Crippen LogP contribution in [0.1, 0.15) is 0 Å². The molecule has 0 radical (unpaired) electrons. The van der Waals surface area contributed by atoms with Crippen LogP contribution in [0.5, 0.6) is 0 Å². The van der Waals surface area contributed by atoms with Crippen molar-refractivity contribution in [1.29, 1.82) is 0 Å². The first-order chi connectivity index (χ1) is 5.54. The molecule has 1 fully saturated rings. The number of hydrogen-bond donors (Lipinski definition) is 4. The van der Waals surface area contributed by atoms with Crippen LogP contribution in [0.2, 0.25) is 0 Å². The third-order valence-corrected chi connectivity index (χ3v) is 1.74. The predicted molar refractivity (Wildman–Crippen MR) is 35.4 cm³/mol. The molecule has 4 atom stereocenters. The molecular formula is C6H10O6.